The standard InChI is InChI=1S/C71H116O6/c1-4-7-10-13-16-19-22-25-27-29-31-33-35-37-39-41-43-46-49-52-55-58-61-64-70(73)76-67-68(66-75-69(72)63-60-57-54-51-48-45-24-21-18-15-12-9-6-3)77-71(74)65-62-59-56-53-50-47-44-42-40-38-36-34-32-30-28-26-23-20-17-14-11-8-5-2/h7,9-10,12,16,18-19,21,25,27,30-33,37,39,43,45-46,48,54,57,68H,4-6,8,11,13-15,17,20,22-24,26,28-29,34-36,38,40-42,44,47,49-53,55-56,58-67H2,1-3H3/b10-7-,12-9-,19-16-,21-18-,27-25-,32-30-,33-31-,39-37-,46-43-,48-45-,57-54-. The molecule has 1 atom stereocenters. The summed E-state index contributed by atoms with van der Waals surface area (Å²) in [5.74, 6) is -1.02. The van der Waals surface area contributed by atoms with E-state index in [-0.39, 0.29) is 37.5 Å². The smallest absolute Gasteiger partial charge is 0.306 e. The molecule has 0 radical (unpaired) electrons. The molecule has 0 saturated heterocycles. The second-order valence-corrected chi connectivity index (χ2v) is 20.5. The molecule has 6 nitrogen and oxygen atoms in total. The van der Waals surface area contributed by atoms with Gasteiger partial charge in [-0.15, -0.1) is 0 Å². The Morgan fingerprint density at radius 1 is 0.273 bits per heavy atom. The molecule has 0 aromatic heterocycles. The average molecular weight is 1070 g/mol. The van der Waals surface area contributed by atoms with Crippen molar-refractivity contribution in [1.29, 1.82) is 0 Å². The minimum absolute atomic E-state index is 0.117. The van der Waals surface area contributed by atoms with E-state index in [9.17, 15) is 14.4 Å². The summed E-state index contributed by atoms with van der Waals surface area (Å²) in [4.78, 5) is 38.2. The van der Waals surface area contributed by atoms with Crippen molar-refractivity contribution >= 4 is 17.9 Å². The molecule has 0 aliphatic rings. The van der Waals surface area contributed by atoms with Gasteiger partial charge in [0.1, 0.15) is 13.2 Å². The molecule has 77 heavy (non-hydrogen) atoms. The van der Waals surface area contributed by atoms with E-state index in [1.165, 1.54) is 116 Å². The van der Waals surface area contributed by atoms with Gasteiger partial charge >= 0.3 is 17.9 Å². The Kier molecular flexibility index (Phi) is 60.4. The van der Waals surface area contributed by atoms with Crippen LogP contribution in [-0.2, 0) is 28.6 Å². The molecule has 0 saturated carbocycles. The fourth-order valence-electron chi connectivity index (χ4n) is 8.45. The third kappa shape index (κ3) is 62.3. The topological polar surface area (TPSA) is 78.9 Å². The fraction of sp³-hybridized carbons (Fsp3) is 0.648. The van der Waals surface area contributed by atoms with Crippen LogP contribution in [0, 0.1) is 0 Å². The van der Waals surface area contributed by atoms with Gasteiger partial charge in [-0.3, -0.25) is 14.4 Å². The summed E-state index contributed by atoms with van der Waals surface area (Å²) in [5, 5.41) is 0. The van der Waals surface area contributed by atoms with Crippen LogP contribution in [0.3, 0.4) is 0 Å². The zero-order valence-corrected chi connectivity index (χ0v) is 49.9. The fourth-order valence-corrected chi connectivity index (χ4v) is 8.45. The molecule has 0 heterocycles. The first-order valence-electron chi connectivity index (χ1n) is 31.7. The maximum atomic E-state index is 12.9. The van der Waals surface area contributed by atoms with Crippen molar-refractivity contribution in [3.05, 3.63) is 134 Å². The number of allylic oxidation sites excluding steroid dienone is 22. The lowest BCUT2D eigenvalue weighted by molar-refractivity contribution is -0.166. The van der Waals surface area contributed by atoms with Crippen molar-refractivity contribution < 1.29 is 28.6 Å². The summed E-state index contributed by atoms with van der Waals surface area (Å²) in [5.41, 5.74) is 0. The van der Waals surface area contributed by atoms with Crippen molar-refractivity contribution in [1.82, 2.24) is 0 Å². The zero-order valence-electron chi connectivity index (χ0n) is 49.9. The predicted octanol–water partition coefficient (Wildman–Crippen LogP) is 21.8. The molecule has 0 aromatic carbocycles. The highest BCUT2D eigenvalue weighted by molar-refractivity contribution is 5.71. The summed E-state index contributed by atoms with van der Waals surface area (Å²) >= 11 is 0. The molecule has 6 heteroatoms. The van der Waals surface area contributed by atoms with Gasteiger partial charge in [-0.2, -0.15) is 0 Å². The molecule has 436 valence electrons. The molecule has 0 N–H and O–H groups in total. The third-order valence-electron chi connectivity index (χ3n) is 13.1. The molecule has 0 aliphatic heterocycles. The van der Waals surface area contributed by atoms with E-state index < -0.39 is 6.10 Å². The Balaban J connectivity index is 4.44. The van der Waals surface area contributed by atoms with Crippen LogP contribution in [0.1, 0.15) is 278 Å². The van der Waals surface area contributed by atoms with Crippen LogP contribution in [0.25, 0.3) is 0 Å². The van der Waals surface area contributed by atoms with Gasteiger partial charge in [-0.05, 0) is 122 Å². The quantitative estimate of drug-likeness (QED) is 0.0261. The minimum Gasteiger partial charge on any atom is -0.462 e. The third-order valence-corrected chi connectivity index (χ3v) is 13.1. The van der Waals surface area contributed by atoms with Crippen LogP contribution < -0.4 is 0 Å². The Labute approximate surface area is 475 Å². The molecule has 0 fully saturated rings. The molecule has 0 amide bonds. The molecular formula is C71H116O6. The molecule has 0 aromatic rings. The van der Waals surface area contributed by atoms with Crippen LogP contribution in [0.5, 0.6) is 0 Å². The van der Waals surface area contributed by atoms with E-state index in [1.807, 2.05) is 6.08 Å². The predicted molar refractivity (Wildman–Crippen MR) is 334 cm³/mol. The number of hydrogen-bond donors (Lipinski definition) is 0. The Bertz CT molecular complexity index is 1650. The highest BCUT2D eigenvalue weighted by Crippen LogP contribution is 2.15. The van der Waals surface area contributed by atoms with Gasteiger partial charge in [-0.1, -0.05) is 270 Å². The van der Waals surface area contributed by atoms with E-state index in [4.69, 9.17) is 14.2 Å². The summed E-state index contributed by atoms with van der Waals surface area (Å²) < 4.78 is 16.8. The second-order valence-electron chi connectivity index (χ2n) is 20.5. The number of ether oxygens (including phenoxy) is 3. The SMILES string of the molecule is CC/C=C\C/C=C\C/C=C\C/C=C\C/C=C\C/C=C\CCCCCCC(=O)OCC(COC(=O)CC/C=C\C/C=C\C/C=C\C/C=C\CC)OC(=O)CCCCCCCCCCCCC/C=C\CCCCCCCCCC. The van der Waals surface area contributed by atoms with Crippen molar-refractivity contribution in [3.63, 3.8) is 0 Å². The van der Waals surface area contributed by atoms with E-state index in [0.29, 0.717) is 19.3 Å². The largest absolute Gasteiger partial charge is 0.462 e. The Morgan fingerprint density at radius 2 is 0.532 bits per heavy atom. The van der Waals surface area contributed by atoms with Crippen molar-refractivity contribution in [2.45, 2.75) is 284 Å². The summed E-state index contributed by atoms with van der Waals surface area (Å²) in [6.45, 7) is 6.33. The van der Waals surface area contributed by atoms with Crippen LogP contribution in [0.4, 0.5) is 0 Å². The van der Waals surface area contributed by atoms with E-state index in [0.717, 1.165) is 116 Å². The van der Waals surface area contributed by atoms with Gasteiger partial charge in [0.2, 0.25) is 0 Å². The first-order chi connectivity index (χ1) is 38.0. The molecular weight excluding hydrogens is 949 g/mol. The first kappa shape index (κ1) is 72.5. The monoisotopic (exact) mass is 1060 g/mol. The number of carbonyl (C=O) groups is 3. The van der Waals surface area contributed by atoms with Crippen LogP contribution in [-0.4, -0.2) is 37.2 Å². The van der Waals surface area contributed by atoms with E-state index in [1.54, 1.807) is 0 Å². The van der Waals surface area contributed by atoms with Crippen molar-refractivity contribution in [2.75, 3.05) is 13.2 Å². The van der Waals surface area contributed by atoms with Crippen LogP contribution >= 0.6 is 0 Å². The maximum absolute atomic E-state index is 12.9. The zero-order chi connectivity index (χ0) is 55.7. The summed E-state index contributed by atoms with van der Waals surface area (Å²) in [7, 11) is 0. The summed E-state index contributed by atoms with van der Waals surface area (Å²) in [6, 6.07) is 0. The molecule has 1 unspecified atom stereocenters. The summed E-state index contributed by atoms with van der Waals surface area (Å²) in [6.07, 6.45) is 90.5. The number of unbranched alkanes of at least 4 members (excludes halogenated alkanes) is 23. The Morgan fingerprint density at radius 3 is 0.883 bits per heavy atom. The van der Waals surface area contributed by atoms with Crippen LogP contribution in [0.15, 0.2) is 134 Å². The molecule has 0 spiro atoms. The van der Waals surface area contributed by atoms with Gasteiger partial charge in [0.05, 0.1) is 0 Å². The average Bonchev–Trinajstić information content (AvgIpc) is 3.43. The van der Waals surface area contributed by atoms with Gasteiger partial charge in [0.25, 0.3) is 0 Å². The lowest BCUT2D eigenvalue weighted by Crippen LogP contribution is -2.30. The van der Waals surface area contributed by atoms with E-state index in [2.05, 4.69) is 148 Å². The highest BCUT2D eigenvalue weighted by atomic mass is 16.6. The van der Waals surface area contributed by atoms with Crippen LogP contribution in [0.2, 0.25) is 0 Å². The Hall–Kier alpha value is -4.45. The number of carbonyl (C=O) groups excluding carboxylic acids is 3. The lowest BCUT2D eigenvalue weighted by atomic mass is 10.0. The lowest BCUT2D eigenvalue weighted by Gasteiger charge is -2.18. The molecule has 0 bridgehead atoms. The number of rotatable bonds is 56. The number of esters is 3. The molecule has 0 rings (SSSR count). The molecule has 0 aliphatic carbocycles. The number of hydrogen-bond acceptors (Lipinski definition) is 6. The van der Waals surface area contributed by atoms with Crippen molar-refractivity contribution in [3.8, 4) is 0 Å². The van der Waals surface area contributed by atoms with Gasteiger partial charge < -0.3 is 14.2 Å². The van der Waals surface area contributed by atoms with Crippen molar-refractivity contribution in [2.24, 2.45) is 0 Å². The highest BCUT2D eigenvalue weighted by Gasteiger charge is 2.19. The van der Waals surface area contributed by atoms with Gasteiger partial charge in [0, 0.05) is 19.3 Å². The van der Waals surface area contributed by atoms with Gasteiger partial charge in [-0.25, -0.2) is 0 Å². The second kappa shape index (κ2) is 64.1. The maximum Gasteiger partial charge on any atom is 0.306 e. The normalized spacial score (nSPS) is 13.0. The van der Waals surface area contributed by atoms with E-state index >= 15 is 0 Å². The first-order valence-corrected chi connectivity index (χ1v) is 31.7. The van der Waals surface area contributed by atoms with Gasteiger partial charge in [0.15, 0.2) is 6.10 Å². The minimum atomic E-state index is -0.824.